The van der Waals surface area contributed by atoms with Gasteiger partial charge in [-0.2, -0.15) is 5.10 Å². The Morgan fingerprint density at radius 1 is 1.13 bits per heavy atom. The lowest BCUT2D eigenvalue weighted by Crippen LogP contribution is -2.25. The molecule has 2 aromatic carbocycles. The van der Waals surface area contributed by atoms with Gasteiger partial charge in [0.1, 0.15) is 0 Å². The van der Waals surface area contributed by atoms with E-state index in [0.717, 1.165) is 22.5 Å². The molecule has 3 aromatic rings. The largest absolute Gasteiger partial charge is 0.376 e. The van der Waals surface area contributed by atoms with Crippen molar-refractivity contribution in [3.8, 4) is 0 Å². The fourth-order valence-corrected chi connectivity index (χ4v) is 3.60. The summed E-state index contributed by atoms with van der Waals surface area (Å²) in [6, 6.07) is 15.3. The van der Waals surface area contributed by atoms with Gasteiger partial charge in [-0.05, 0) is 43.2 Å². The van der Waals surface area contributed by atoms with E-state index in [4.69, 9.17) is 0 Å². The van der Waals surface area contributed by atoms with E-state index >= 15 is 0 Å². The Morgan fingerprint density at radius 2 is 1.90 bits per heavy atom. The summed E-state index contributed by atoms with van der Waals surface area (Å²) in [5, 5.41) is 9.30. The Kier molecular flexibility index (Phi) is 6.92. The fourth-order valence-electron chi connectivity index (χ4n) is 2.77. The van der Waals surface area contributed by atoms with Crippen LogP contribution in [0.2, 0.25) is 0 Å². The molecule has 0 unspecified atom stereocenters. The van der Waals surface area contributed by atoms with E-state index in [1.54, 1.807) is 10.3 Å². The molecule has 0 saturated heterocycles. The summed E-state index contributed by atoms with van der Waals surface area (Å²) in [6.07, 6.45) is 1.46. The standard InChI is InChI=1S/C22H23N5O2S/c1-15-8-7-11-20(16(15)2)27(17(3)28)22-25-19(14-30-22)12-24-26-21(29)13-23-18-9-5-4-6-10-18/h4-12,14,23H,13H2,1-3H3,(H,26,29)/b24-12-. The van der Waals surface area contributed by atoms with Gasteiger partial charge in [0.05, 0.1) is 24.1 Å². The van der Waals surface area contributed by atoms with E-state index in [1.807, 2.05) is 62.4 Å². The number of carbonyl (C=O) groups excluding carboxylic acids is 2. The first-order chi connectivity index (χ1) is 14.5. The molecule has 2 amide bonds. The molecular weight excluding hydrogens is 398 g/mol. The molecule has 1 aromatic heterocycles. The molecule has 0 radical (unpaired) electrons. The number of rotatable bonds is 7. The number of para-hydroxylation sites is 1. The third-order valence-electron chi connectivity index (χ3n) is 4.45. The maximum Gasteiger partial charge on any atom is 0.259 e. The van der Waals surface area contributed by atoms with Gasteiger partial charge >= 0.3 is 0 Å². The van der Waals surface area contributed by atoms with Gasteiger partial charge in [-0.1, -0.05) is 30.3 Å². The fraction of sp³-hybridized carbons (Fsp3) is 0.182. The number of amides is 2. The van der Waals surface area contributed by atoms with Gasteiger partial charge in [0.15, 0.2) is 5.13 Å². The average molecular weight is 422 g/mol. The van der Waals surface area contributed by atoms with Crippen molar-refractivity contribution < 1.29 is 9.59 Å². The van der Waals surface area contributed by atoms with Crippen molar-refractivity contribution in [2.24, 2.45) is 5.10 Å². The van der Waals surface area contributed by atoms with Gasteiger partial charge in [-0.25, -0.2) is 10.4 Å². The van der Waals surface area contributed by atoms with Gasteiger partial charge in [0.2, 0.25) is 5.91 Å². The summed E-state index contributed by atoms with van der Waals surface area (Å²) in [6.45, 7) is 5.60. The number of nitrogens with zero attached hydrogens (tertiary/aromatic N) is 3. The minimum atomic E-state index is -0.272. The lowest BCUT2D eigenvalue weighted by Gasteiger charge is -2.21. The predicted molar refractivity (Wildman–Crippen MR) is 122 cm³/mol. The molecule has 0 aliphatic carbocycles. The molecule has 1 heterocycles. The molecule has 0 spiro atoms. The van der Waals surface area contributed by atoms with Crippen LogP contribution in [0.1, 0.15) is 23.7 Å². The van der Waals surface area contributed by atoms with Crippen LogP contribution in [0.25, 0.3) is 0 Å². The number of nitrogens with one attached hydrogen (secondary N) is 2. The Bertz CT molecular complexity index is 1060. The van der Waals surface area contributed by atoms with Gasteiger partial charge in [0.25, 0.3) is 5.91 Å². The molecular formula is C22H23N5O2S. The van der Waals surface area contributed by atoms with E-state index < -0.39 is 0 Å². The Labute approximate surface area is 179 Å². The van der Waals surface area contributed by atoms with E-state index in [-0.39, 0.29) is 18.4 Å². The molecule has 0 aliphatic rings. The summed E-state index contributed by atoms with van der Waals surface area (Å²) in [4.78, 5) is 30.3. The highest BCUT2D eigenvalue weighted by molar-refractivity contribution is 7.14. The third kappa shape index (κ3) is 5.30. The number of anilines is 3. The third-order valence-corrected chi connectivity index (χ3v) is 5.29. The molecule has 0 aliphatic heterocycles. The maximum atomic E-state index is 12.3. The van der Waals surface area contributed by atoms with Crippen molar-refractivity contribution in [3.63, 3.8) is 0 Å². The second-order valence-corrected chi connectivity index (χ2v) is 7.48. The molecule has 7 nitrogen and oxygen atoms in total. The lowest BCUT2D eigenvalue weighted by atomic mass is 10.1. The molecule has 0 bridgehead atoms. The summed E-state index contributed by atoms with van der Waals surface area (Å²) >= 11 is 1.34. The zero-order chi connectivity index (χ0) is 21.5. The second-order valence-electron chi connectivity index (χ2n) is 6.64. The minimum Gasteiger partial charge on any atom is -0.376 e. The predicted octanol–water partition coefficient (Wildman–Crippen LogP) is 4.01. The van der Waals surface area contributed by atoms with Gasteiger partial charge in [-0.3, -0.25) is 14.5 Å². The van der Waals surface area contributed by atoms with Crippen LogP contribution in [0.5, 0.6) is 0 Å². The lowest BCUT2D eigenvalue weighted by molar-refractivity contribution is -0.119. The molecule has 30 heavy (non-hydrogen) atoms. The van der Waals surface area contributed by atoms with Gasteiger partial charge in [-0.15, -0.1) is 11.3 Å². The molecule has 0 saturated carbocycles. The number of benzene rings is 2. The van der Waals surface area contributed by atoms with Crippen LogP contribution in [0.4, 0.5) is 16.5 Å². The highest BCUT2D eigenvalue weighted by Crippen LogP contribution is 2.32. The zero-order valence-corrected chi connectivity index (χ0v) is 17.9. The van der Waals surface area contributed by atoms with Crippen LogP contribution in [-0.2, 0) is 9.59 Å². The zero-order valence-electron chi connectivity index (χ0n) is 17.0. The smallest absolute Gasteiger partial charge is 0.259 e. The van der Waals surface area contributed by atoms with Crippen molar-refractivity contribution in [3.05, 3.63) is 70.7 Å². The van der Waals surface area contributed by atoms with E-state index in [1.165, 1.54) is 24.5 Å². The summed E-state index contributed by atoms with van der Waals surface area (Å²) < 4.78 is 0. The van der Waals surface area contributed by atoms with Crippen molar-refractivity contribution in [1.82, 2.24) is 10.4 Å². The number of aromatic nitrogens is 1. The number of aryl methyl sites for hydroxylation is 1. The van der Waals surface area contributed by atoms with Crippen molar-refractivity contribution in [2.45, 2.75) is 20.8 Å². The SMILES string of the molecule is CC(=O)N(c1nc(/C=N\NC(=O)CNc2ccccc2)cs1)c1cccc(C)c1C. The summed E-state index contributed by atoms with van der Waals surface area (Å²) in [5.74, 6) is -0.395. The van der Waals surface area contributed by atoms with E-state index in [9.17, 15) is 9.59 Å². The summed E-state index contributed by atoms with van der Waals surface area (Å²) in [7, 11) is 0. The molecule has 0 atom stereocenters. The number of hydrogen-bond donors (Lipinski definition) is 2. The first-order valence-electron chi connectivity index (χ1n) is 9.39. The molecule has 2 N–H and O–H groups in total. The quantitative estimate of drug-likeness (QED) is 0.446. The highest BCUT2D eigenvalue weighted by atomic mass is 32.1. The van der Waals surface area contributed by atoms with Crippen molar-refractivity contribution in [2.75, 3.05) is 16.8 Å². The van der Waals surface area contributed by atoms with Crippen LogP contribution >= 0.6 is 11.3 Å². The van der Waals surface area contributed by atoms with Crippen LogP contribution in [0, 0.1) is 13.8 Å². The first kappa shape index (κ1) is 21.2. The second kappa shape index (κ2) is 9.80. The van der Waals surface area contributed by atoms with Gasteiger partial charge < -0.3 is 5.32 Å². The minimum absolute atomic E-state index is 0.106. The Balaban J connectivity index is 1.64. The number of carbonyl (C=O) groups is 2. The topological polar surface area (TPSA) is 86.7 Å². The monoisotopic (exact) mass is 421 g/mol. The molecule has 0 fully saturated rings. The van der Waals surface area contributed by atoms with Crippen LogP contribution in [0.3, 0.4) is 0 Å². The average Bonchev–Trinajstić information content (AvgIpc) is 3.18. The maximum absolute atomic E-state index is 12.3. The Hall–Kier alpha value is -3.52. The normalized spacial score (nSPS) is 10.8. The molecule has 154 valence electrons. The summed E-state index contributed by atoms with van der Waals surface area (Å²) in [5.41, 5.74) is 6.81. The number of hydrazone groups is 1. The van der Waals surface area contributed by atoms with Gasteiger partial charge in [0, 0.05) is 18.0 Å². The van der Waals surface area contributed by atoms with Crippen molar-refractivity contribution in [1.29, 1.82) is 0 Å². The number of thiazole rings is 1. The van der Waals surface area contributed by atoms with E-state index in [0.29, 0.717) is 10.8 Å². The first-order valence-corrected chi connectivity index (χ1v) is 10.3. The number of hydrogen-bond acceptors (Lipinski definition) is 6. The van der Waals surface area contributed by atoms with E-state index in [2.05, 4.69) is 20.8 Å². The van der Waals surface area contributed by atoms with Crippen LogP contribution in [0.15, 0.2) is 59.0 Å². The Morgan fingerprint density at radius 3 is 2.63 bits per heavy atom. The van der Waals surface area contributed by atoms with Crippen LogP contribution < -0.4 is 15.6 Å². The molecule has 8 heteroatoms. The highest BCUT2D eigenvalue weighted by Gasteiger charge is 2.20. The molecule has 3 rings (SSSR count). The van der Waals surface area contributed by atoms with Crippen LogP contribution in [-0.4, -0.2) is 29.6 Å². The van der Waals surface area contributed by atoms with Crippen molar-refractivity contribution >= 4 is 45.9 Å².